The molecule has 1 aromatic carbocycles. The maximum Gasteiger partial charge on any atom is 0.256 e. The van der Waals surface area contributed by atoms with E-state index in [2.05, 4.69) is 21.4 Å². The van der Waals surface area contributed by atoms with Gasteiger partial charge in [-0.15, -0.1) is 0 Å². The lowest BCUT2D eigenvalue weighted by Crippen LogP contribution is -2.45. The molecule has 1 saturated heterocycles. The summed E-state index contributed by atoms with van der Waals surface area (Å²) in [4.78, 5) is 23.2. The summed E-state index contributed by atoms with van der Waals surface area (Å²) in [6.07, 6.45) is 3.62. The molecule has 0 spiro atoms. The fourth-order valence-electron chi connectivity index (χ4n) is 3.75. The van der Waals surface area contributed by atoms with Crippen molar-refractivity contribution in [2.45, 2.75) is 31.4 Å². The summed E-state index contributed by atoms with van der Waals surface area (Å²) in [5.74, 6) is 1.36. The van der Waals surface area contributed by atoms with Crippen molar-refractivity contribution in [2.75, 3.05) is 32.1 Å². The number of ether oxygens (including phenoxy) is 2. The summed E-state index contributed by atoms with van der Waals surface area (Å²) in [6.45, 7) is 2.02. The van der Waals surface area contributed by atoms with Crippen LogP contribution in [0.4, 0.5) is 5.82 Å². The van der Waals surface area contributed by atoms with Crippen molar-refractivity contribution in [3.8, 4) is 5.88 Å². The smallest absolute Gasteiger partial charge is 0.256 e. The third-order valence-electron chi connectivity index (χ3n) is 5.23. The second-order valence-electron chi connectivity index (χ2n) is 6.89. The molecule has 7 nitrogen and oxygen atoms in total. The highest BCUT2D eigenvalue weighted by atomic mass is 16.5. The topological polar surface area (TPSA) is 76.6 Å². The van der Waals surface area contributed by atoms with Gasteiger partial charge >= 0.3 is 0 Å². The Kier molecular flexibility index (Phi) is 5.20. The molecule has 2 aromatic rings. The van der Waals surface area contributed by atoms with Crippen LogP contribution in [0.5, 0.6) is 5.88 Å². The Bertz CT molecular complexity index is 805. The van der Waals surface area contributed by atoms with Gasteiger partial charge in [-0.2, -0.15) is 0 Å². The first kappa shape index (κ1) is 17.7. The predicted molar refractivity (Wildman–Crippen MR) is 101 cm³/mol. The van der Waals surface area contributed by atoms with Crippen LogP contribution < -0.4 is 10.1 Å². The Morgan fingerprint density at radius 3 is 2.89 bits per heavy atom. The number of piperidine rings is 1. The van der Waals surface area contributed by atoms with E-state index in [0.29, 0.717) is 25.6 Å². The molecule has 27 heavy (non-hydrogen) atoms. The normalized spacial score (nSPS) is 20.0. The minimum Gasteiger partial charge on any atom is -0.481 e. The molecule has 3 heterocycles. The van der Waals surface area contributed by atoms with Crippen LogP contribution in [0.15, 0.2) is 36.7 Å². The fraction of sp³-hybridized carbons (Fsp3) is 0.450. The van der Waals surface area contributed by atoms with Crippen molar-refractivity contribution >= 4 is 11.7 Å². The molecule has 2 aliphatic rings. The highest BCUT2D eigenvalue weighted by Gasteiger charge is 2.32. The number of methoxy groups -OCH3 is 1. The predicted octanol–water partition coefficient (Wildman–Crippen LogP) is 2.20. The van der Waals surface area contributed by atoms with E-state index >= 15 is 0 Å². The lowest BCUT2D eigenvalue weighted by molar-refractivity contribution is -0.146. The van der Waals surface area contributed by atoms with Crippen LogP contribution in [0.1, 0.15) is 30.1 Å². The van der Waals surface area contributed by atoms with Crippen LogP contribution in [-0.4, -0.2) is 53.6 Å². The van der Waals surface area contributed by atoms with Gasteiger partial charge < -0.3 is 19.7 Å². The number of benzene rings is 1. The number of fused-ring (bicyclic) bond motifs is 1. The Morgan fingerprint density at radius 2 is 2.07 bits per heavy atom. The Balaban J connectivity index is 1.36. The number of anilines is 1. The van der Waals surface area contributed by atoms with Crippen LogP contribution in [-0.2, 0) is 16.0 Å². The molecule has 1 atom stereocenters. The maximum atomic E-state index is 13.0. The number of carbonyl (C=O) groups is 1. The molecule has 142 valence electrons. The quantitative estimate of drug-likeness (QED) is 0.892. The molecular formula is C20H24N4O3. The van der Waals surface area contributed by atoms with Crippen LogP contribution in [0, 0.1) is 0 Å². The van der Waals surface area contributed by atoms with Crippen molar-refractivity contribution in [1.82, 2.24) is 14.9 Å². The summed E-state index contributed by atoms with van der Waals surface area (Å²) >= 11 is 0. The summed E-state index contributed by atoms with van der Waals surface area (Å²) in [7, 11) is 1.59. The fourth-order valence-corrected chi connectivity index (χ4v) is 3.75. The van der Waals surface area contributed by atoms with Gasteiger partial charge in [0.15, 0.2) is 6.10 Å². The van der Waals surface area contributed by atoms with E-state index in [1.165, 1.54) is 11.9 Å². The maximum absolute atomic E-state index is 13.0. The molecule has 0 aliphatic carbocycles. The van der Waals surface area contributed by atoms with Gasteiger partial charge in [0, 0.05) is 25.2 Å². The first-order valence-corrected chi connectivity index (χ1v) is 9.35. The van der Waals surface area contributed by atoms with Crippen LogP contribution in [0.2, 0.25) is 0 Å². The number of amides is 1. The molecular weight excluding hydrogens is 344 g/mol. The summed E-state index contributed by atoms with van der Waals surface area (Å²) in [5.41, 5.74) is 2.23. The van der Waals surface area contributed by atoms with E-state index in [-0.39, 0.29) is 11.9 Å². The van der Waals surface area contributed by atoms with Gasteiger partial charge in [0.1, 0.15) is 12.1 Å². The average molecular weight is 368 g/mol. The summed E-state index contributed by atoms with van der Waals surface area (Å²) in [5, 5.41) is 3.41. The van der Waals surface area contributed by atoms with Gasteiger partial charge in [-0.1, -0.05) is 24.3 Å². The zero-order valence-electron chi connectivity index (χ0n) is 15.4. The van der Waals surface area contributed by atoms with Gasteiger partial charge in [0.25, 0.3) is 5.91 Å². The number of rotatable bonds is 4. The van der Waals surface area contributed by atoms with Gasteiger partial charge in [0.2, 0.25) is 5.88 Å². The van der Waals surface area contributed by atoms with Gasteiger partial charge in [-0.05, 0) is 30.4 Å². The second kappa shape index (κ2) is 7.92. The number of aromatic nitrogens is 2. The highest BCUT2D eigenvalue weighted by Crippen LogP contribution is 2.29. The van der Waals surface area contributed by atoms with Crippen molar-refractivity contribution in [3.05, 3.63) is 47.8 Å². The zero-order chi connectivity index (χ0) is 18.6. The summed E-state index contributed by atoms with van der Waals surface area (Å²) in [6, 6.07) is 10.1. The first-order valence-electron chi connectivity index (χ1n) is 9.35. The largest absolute Gasteiger partial charge is 0.481 e. The monoisotopic (exact) mass is 368 g/mol. The first-order chi connectivity index (χ1) is 13.2. The molecule has 4 rings (SSSR count). The minimum absolute atomic E-state index is 0.0734. The number of nitrogens with one attached hydrogen (secondary N) is 1. The SMILES string of the molecule is COc1cc(NC2CCN(C(=O)C3OCCc4ccccc43)CC2)ncn1. The van der Waals surface area contributed by atoms with E-state index in [4.69, 9.17) is 9.47 Å². The number of likely N-dealkylation sites (tertiary alicyclic amines) is 1. The second-order valence-corrected chi connectivity index (χ2v) is 6.89. The lowest BCUT2D eigenvalue weighted by atomic mass is 9.96. The summed E-state index contributed by atoms with van der Waals surface area (Å²) < 4.78 is 11.0. The molecule has 2 aliphatic heterocycles. The Labute approximate surface area is 158 Å². The Hall–Kier alpha value is -2.67. The minimum atomic E-state index is -0.467. The molecule has 0 bridgehead atoms. The van der Waals surface area contributed by atoms with Crippen molar-refractivity contribution in [1.29, 1.82) is 0 Å². The molecule has 1 fully saturated rings. The molecule has 0 radical (unpaired) electrons. The number of hydrogen-bond donors (Lipinski definition) is 1. The molecule has 1 aromatic heterocycles. The van der Waals surface area contributed by atoms with Gasteiger partial charge in [-0.3, -0.25) is 4.79 Å². The van der Waals surface area contributed by atoms with Crippen LogP contribution in [0.25, 0.3) is 0 Å². The van der Waals surface area contributed by atoms with E-state index in [0.717, 1.165) is 30.6 Å². The van der Waals surface area contributed by atoms with Crippen LogP contribution in [0.3, 0.4) is 0 Å². The number of nitrogens with zero attached hydrogens (tertiary/aromatic N) is 3. The molecule has 7 heteroatoms. The van der Waals surface area contributed by atoms with Gasteiger partial charge in [-0.25, -0.2) is 9.97 Å². The average Bonchev–Trinajstić information content (AvgIpc) is 2.73. The zero-order valence-corrected chi connectivity index (χ0v) is 15.4. The van der Waals surface area contributed by atoms with Crippen molar-refractivity contribution in [3.63, 3.8) is 0 Å². The molecule has 0 saturated carbocycles. The number of carbonyl (C=O) groups excluding carboxylic acids is 1. The molecule has 1 amide bonds. The van der Waals surface area contributed by atoms with Crippen LogP contribution >= 0.6 is 0 Å². The third kappa shape index (κ3) is 3.88. The van der Waals surface area contributed by atoms with E-state index in [1.54, 1.807) is 13.2 Å². The standard InChI is InChI=1S/C20H24N4O3/c1-26-18-12-17(21-13-22-18)23-15-6-9-24(10-7-15)20(25)19-16-5-3-2-4-14(16)8-11-27-19/h2-5,12-13,15,19H,6-11H2,1H3,(H,21,22,23). The van der Waals surface area contributed by atoms with E-state index in [1.807, 2.05) is 23.1 Å². The molecule has 1 N–H and O–H groups in total. The molecule has 1 unspecified atom stereocenters. The van der Waals surface area contributed by atoms with E-state index < -0.39 is 6.10 Å². The van der Waals surface area contributed by atoms with Gasteiger partial charge in [0.05, 0.1) is 13.7 Å². The Morgan fingerprint density at radius 1 is 1.26 bits per heavy atom. The van der Waals surface area contributed by atoms with Crippen molar-refractivity contribution < 1.29 is 14.3 Å². The third-order valence-corrected chi connectivity index (χ3v) is 5.23. The number of hydrogen-bond acceptors (Lipinski definition) is 6. The van der Waals surface area contributed by atoms with E-state index in [9.17, 15) is 4.79 Å². The van der Waals surface area contributed by atoms with Crippen molar-refractivity contribution in [2.24, 2.45) is 0 Å². The lowest BCUT2D eigenvalue weighted by Gasteiger charge is -2.36. The highest BCUT2D eigenvalue weighted by molar-refractivity contribution is 5.83.